The quantitative estimate of drug-likeness (QED) is 0.768. The molecule has 0 spiro atoms. The molecule has 6 heteroatoms. The summed E-state index contributed by atoms with van der Waals surface area (Å²) in [4.78, 5) is 22.7. The molecule has 0 aliphatic heterocycles. The first kappa shape index (κ1) is 14.7. The van der Waals surface area contributed by atoms with E-state index >= 15 is 0 Å². The molecular formula is C12H15BrN2O3. The Morgan fingerprint density at radius 1 is 1.28 bits per heavy atom. The minimum atomic E-state index is -0.200. The minimum Gasteiger partial charge on any atom is -0.375 e. The van der Waals surface area contributed by atoms with Gasteiger partial charge in [-0.1, -0.05) is 22.0 Å². The molecule has 0 fully saturated rings. The molecule has 0 atom stereocenters. The van der Waals surface area contributed by atoms with E-state index in [-0.39, 0.29) is 18.4 Å². The molecule has 98 valence electrons. The first-order valence-electron chi connectivity index (χ1n) is 5.43. The Labute approximate surface area is 114 Å². The standard InChI is InChI=1S/C12H15BrN2O3/c1-18-8-11(16)14-5-6-15-12(17)9-3-2-4-10(13)7-9/h2-4,7H,5-6,8H2,1H3,(H,14,16)(H,15,17). The molecule has 2 amide bonds. The number of rotatable bonds is 6. The minimum absolute atomic E-state index is 0.0274. The van der Waals surface area contributed by atoms with Gasteiger partial charge >= 0.3 is 0 Å². The summed E-state index contributed by atoms with van der Waals surface area (Å²) >= 11 is 3.30. The lowest BCUT2D eigenvalue weighted by Crippen LogP contribution is -2.36. The second-order valence-electron chi connectivity index (χ2n) is 3.55. The molecule has 0 aliphatic rings. The Hall–Kier alpha value is -1.40. The zero-order chi connectivity index (χ0) is 13.4. The van der Waals surface area contributed by atoms with Crippen LogP contribution in [0.5, 0.6) is 0 Å². The molecular weight excluding hydrogens is 300 g/mol. The number of carbonyl (C=O) groups is 2. The van der Waals surface area contributed by atoms with Crippen molar-refractivity contribution in [3.63, 3.8) is 0 Å². The van der Waals surface area contributed by atoms with E-state index in [4.69, 9.17) is 0 Å². The van der Waals surface area contributed by atoms with Crippen molar-refractivity contribution < 1.29 is 14.3 Å². The summed E-state index contributed by atoms with van der Waals surface area (Å²) in [6.07, 6.45) is 0. The Morgan fingerprint density at radius 3 is 2.67 bits per heavy atom. The van der Waals surface area contributed by atoms with Crippen molar-refractivity contribution in [3.05, 3.63) is 34.3 Å². The van der Waals surface area contributed by atoms with Gasteiger partial charge in [0, 0.05) is 30.2 Å². The first-order chi connectivity index (χ1) is 8.63. The number of benzene rings is 1. The Kier molecular flexibility index (Phi) is 6.38. The number of carbonyl (C=O) groups excluding carboxylic acids is 2. The molecule has 2 N–H and O–H groups in total. The van der Waals surface area contributed by atoms with Crippen LogP contribution in [0.25, 0.3) is 0 Å². The van der Waals surface area contributed by atoms with Gasteiger partial charge in [-0.2, -0.15) is 0 Å². The third-order valence-electron chi connectivity index (χ3n) is 2.09. The molecule has 0 saturated carbocycles. The summed E-state index contributed by atoms with van der Waals surface area (Å²) in [6, 6.07) is 7.10. The van der Waals surface area contributed by atoms with Crippen LogP contribution in [-0.2, 0) is 9.53 Å². The Morgan fingerprint density at radius 2 is 2.00 bits per heavy atom. The number of nitrogens with one attached hydrogen (secondary N) is 2. The van der Waals surface area contributed by atoms with Gasteiger partial charge in [0.25, 0.3) is 5.91 Å². The fourth-order valence-electron chi connectivity index (χ4n) is 1.29. The molecule has 0 aliphatic carbocycles. The molecule has 0 heterocycles. The molecule has 1 aromatic rings. The van der Waals surface area contributed by atoms with Gasteiger partial charge in [-0.15, -0.1) is 0 Å². The highest BCUT2D eigenvalue weighted by Gasteiger charge is 2.05. The zero-order valence-electron chi connectivity index (χ0n) is 10.0. The summed E-state index contributed by atoms with van der Waals surface area (Å²) < 4.78 is 5.51. The van der Waals surface area contributed by atoms with Crippen LogP contribution < -0.4 is 10.6 Å². The normalized spacial score (nSPS) is 9.89. The SMILES string of the molecule is COCC(=O)NCCNC(=O)c1cccc(Br)c1. The lowest BCUT2D eigenvalue weighted by molar-refractivity contribution is -0.124. The maximum atomic E-state index is 11.7. The molecule has 0 radical (unpaired) electrons. The molecule has 0 saturated heterocycles. The van der Waals surface area contributed by atoms with Crippen molar-refractivity contribution in [1.82, 2.24) is 10.6 Å². The monoisotopic (exact) mass is 314 g/mol. The van der Waals surface area contributed by atoms with E-state index < -0.39 is 0 Å². The predicted molar refractivity (Wildman–Crippen MR) is 71.4 cm³/mol. The van der Waals surface area contributed by atoms with Crippen LogP contribution in [0.1, 0.15) is 10.4 Å². The fourth-order valence-corrected chi connectivity index (χ4v) is 1.69. The van der Waals surface area contributed by atoms with Crippen LogP contribution in [0.3, 0.4) is 0 Å². The van der Waals surface area contributed by atoms with E-state index in [1.807, 2.05) is 6.07 Å². The van der Waals surface area contributed by atoms with E-state index in [0.717, 1.165) is 4.47 Å². The second kappa shape index (κ2) is 7.84. The van der Waals surface area contributed by atoms with E-state index in [9.17, 15) is 9.59 Å². The smallest absolute Gasteiger partial charge is 0.251 e. The van der Waals surface area contributed by atoms with Gasteiger partial charge in [0.1, 0.15) is 6.61 Å². The maximum absolute atomic E-state index is 11.7. The van der Waals surface area contributed by atoms with Crippen molar-refractivity contribution in [2.24, 2.45) is 0 Å². The highest BCUT2D eigenvalue weighted by molar-refractivity contribution is 9.10. The van der Waals surface area contributed by atoms with Crippen LogP contribution in [0, 0.1) is 0 Å². The number of ether oxygens (including phenoxy) is 1. The van der Waals surface area contributed by atoms with Gasteiger partial charge in [-0.05, 0) is 18.2 Å². The molecule has 18 heavy (non-hydrogen) atoms. The van der Waals surface area contributed by atoms with Crippen LogP contribution >= 0.6 is 15.9 Å². The van der Waals surface area contributed by atoms with Crippen molar-refractivity contribution in [2.45, 2.75) is 0 Å². The Balaban J connectivity index is 2.27. The lowest BCUT2D eigenvalue weighted by atomic mass is 10.2. The molecule has 5 nitrogen and oxygen atoms in total. The van der Waals surface area contributed by atoms with Crippen molar-refractivity contribution >= 4 is 27.7 Å². The summed E-state index contributed by atoms with van der Waals surface area (Å²) in [5.74, 6) is -0.369. The number of methoxy groups -OCH3 is 1. The van der Waals surface area contributed by atoms with Crippen LogP contribution in [0.15, 0.2) is 28.7 Å². The van der Waals surface area contributed by atoms with Crippen molar-refractivity contribution in [2.75, 3.05) is 26.8 Å². The number of halogens is 1. The van der Waals surface area contributed by atoms with E-state index in [1.54, 1.807) is 18.2 Å². The topological polar surface area (TPSA) is 67.4 Å². The Bertz CT molecular complexity index is 424. The third-order valence-corrected chi connectivity index (χ3v) is 2.59. The third kappa shape index (κ3) is 5.29. The summed E-state index contributed by atoms with van der Waals surface area (Å²) in [5.41, 5.74) is 0.576. The summed E-state index contributed by atoms with van der Waals surface area (Å²) in [7, 11) is 1.45. The highest BCUT2D eigenvalue weighted by Crippen LogP contribution is 2.11. The van der Waals surface area contributed by atoms with Crippen molar-refractivity contribution in [3.8, 4) is 0 Å². The number of hydrogen-bond donors (Lipinski definition) is 2. The van der Waals surface area contributed by atoms with Gasteiger partial charge in [0.05, 0.1) is 0 Å². The van der Waals surface area contributed by atoms with Gasteiger partial charge in [0.2, 0.25) is 5.91 Å². The highest BCUT2D eigenvalue weighted by atomic mass is 79.9. The molecule has 0 bridgehead atoms. The maximum Gasteiger partial charge on any atom is 0.251 e. The van der Waals surface area contributed by atoms with Gasteiger partial charge in [0.15, 0.2) is 0 Å². The number of amides is 2. The molecule has 0 unspecified atom stereocenters. The lowest BCUT2D eigenvalue weighted by Gasteiger charge is -2.07. The van der Waals surface area contributed by atoms with E-state index in [2.05, 4.69) is 31.3 Å². The van der Waals surface area contributed by atoms with Crippen LogP contribution in [0.2, 0.25) is 0 Å². The average Bonchev–Trinajstić information content (AvgIpc) is 2.35. The molecule has 1 aromatic carbocycles. The largest absolute Gasteiger partial charge is 0.375 e. The second-order valence-corrected chi connectivity index (χ2v) is 4.46. The average molecular weight is 315 g/mol. The van der Waals surface area contributed by atoms with Gasteiger partial charge < -0.3 is 15.4 Å². The fraction of sp³-hybridized carbons (Fsp3) is 0.333. The van der Waals surface area contributed by atoms with Crippen LogP contribution in [0.4, 0.5) is 0 Å². The number of hydrogen-bond acceptors (Lipinski definition) is 3. The van der Waals surface area contributed by atoms with E-state index in [1.165, 1.54) is 7.11 Å². The molecule has 1 rings (SSSR count). The van der Waals surface area contributed by atoms with E-state index in [0.29, 0.717) is 18.7 Å². The summed E-state index contributed by atoms with van der Waals surface area (Å²) in [5, 5.41) is 5.32. The first-order valence-corrected chi connectivity index (χ1v) is 6.22. The van der Waals surface area contributed by atoms with Gasteiger partial charge in [-0.3, -0.25) is 9.59 Å². The molecule has 0 aromatic heterocycles. The van der Waals surface area contributed by atoms with Crippen LogP contribution in [-0.4, -0.2) is 38.6 Å². The van der Waals surface area contributed by atoms with Crippen molar-refractivity contribution in [1.29, 1.82) is 0 Å². The summed E-state index contributed by atoms with van der Waals surface area (Å²) in [6.45, 7) is 0.780. The van der Waals surface area contributed by atoms with Gasteiger partial charge in [-0.25, -0.2) is 0 Å². The predicted octanol–water partition coefficient (Wildman–Crippen LogP) is 0.942. The zero-order valence-corrected chi connectivity index (χ0v) is 11.6.